The van der Waals surface area contributed by atoms with Crippen LogP contribution in [0.25, 0.3) is 0 Å². The van der Waals surface area contributed by atoms with Crippen LogP contribution in [-0.2, 0) is 9.53 Å². The van der Waals surface area contributed by atoms with Gasteiger partial charge in [-0.05, 0) is 25.2 Å². The van der Waals surface area contributed by atoms with E-state index in [1.165, 1.54) is 4.90 Å². The molecule has 0 saturated heterocycles. The molecule has 5 heteroatoms. The van der Waals surface area contributed by atoms with Gasteiger partial charge in [0.25, 0.3) is 0 Å². The zero-order chi connectivity index (χ0) is 15.5. The highest BCUT2D eigenvalue weighted by Gasteiger charge is 2.43. The maximum absolute atomic E-state index is 12.3. The predicted octanol–water partition coefficient (Wildman–Crippen LogP) is 2.50. The second-order valence-corrected chi connectivity index (χ2v) is 6.35. The Bertz CT molecular complexity index is 415. The minimum absolute atomic E-state index is 0.0718. The van der Waals surface area contributed by atoms with Crippen LogP contribution >= 0.6 is 0 Å². The molecule has 0 aromatic rings. The second kappa shape index (κ2) is 6.17. The van der Waals surface area contributed by atoms with Crippen LogP contribution in [0.4, 0.5) is 4.79 Å². The normalized spacial score (nSPS) is 17.8. The van der Waals surface area contributed by atoms with Crippen LogP contribution in [0.5, 0.6) is 0 Å². The number of aliphatic carboxylic acids is 1. The summed E-state index contributed by atoms with van der Waals surface area (Å²) in [5.74, 6) is 1.43. The fraction of sp³-hybridized carbons (Fsp3) is 0.733. The second-order valence-electron chi connectivity index (χ2n) is 6.35. The Morgan fingerprint density at radius 3 is 2.35 bits per heavy atom. The molecule has 0 aromatic carbocycles. The van der Waals surface area contributed by atoms with Crippen molar-refractivity contribution in [2.75, 3.05) is 0 Å². The quantitative estimate of drug-likeness (QED) is 0.786. The molecular weight excluding hydrogens is 258 g/mol. The number of hydrogen-bond acceptors (Lipinski definition) is 3. The van der Waals surface area contributed by atoms with E-state index in [4.69, 9.17) is 11.2 Å². The molecule has 0 heterocycles. The van der Waals surface area contributed by atoms with Gasteiger partial charge in [-0.2, -0.15) is 0 Å². The fourth-order valence-corrected chi connectivity index (χ4v) is 2.10. The number of ether oxygens (including phenoxy) is 1. The summed E-state index contributed by atoms with van der Waals surface area (Å²) in [7, 11) is 0. The van der Waals surface area contributed by atoms with Gasteiger partial charge in [0.2, 0.25) is 0 Å². The van der Waals surface area contributed by atoms with Crippen molar-refractivity contribution in [3.8, 4) is 12.3 Å². The number of terminal acetylenes is 1. The van der Waals surface area contributed by atoms with Gasteiger partial charge in [0, 0.05) is 12.5 Å². The molecule has 20 heavy (non-hydrogen) atoms. The summed E-state index contributed by atoms with van der Waals surface area (Å²) in [4.78, 5) is 25.2. The molecule has 0 bridgehead atoms. The third-order valence-corrected chi connectivity index (χ3v) is 3.22. The SMILES string of the molecule is C#CC[C@@H](C)N(C(=O)OC1CC1)[C@H](C(=O)O)C(C)(C)C. The lowest BCUT2D eigenvalue weighted by Gasteiger charge is -2.39. The van der Waals surface area contributed by atoms with Crippen LogP contribution in [0.15, 0.2) is 0 Å². The summed E-state index contributed by atoms with van der Waals surface area (Å²) in [6.45, 7) is 7.10. The average molecular weight is 281 g/mol. The monoisotopic (exact) mass is 281 g/mol. The highest BCUT2D eigenvalue weighted by molar-refractivity contribution is 5.81. The number of rotatable bonds is 5. The molecular formula is C15H23NO4. The van der Waals surface area contributed by atoms with E-state index in [2.05, 4.69) is 5.92 Å². The molecule has 1 aliphatic carbocycles. The van der Waals surface area contributed by atoms with Crippen molar-refractivity contribution in [2.24, 2.45) is 5.41 Å². The third kappa shape index (κ3) is 4.16. The van der Waals surface area contributed by atoms with Crippen LogP contribution in [0.3, 0.4) is 0 Å². The van der Waals surface area contributed by atoms with E-state index in [9.17, 15) is 14.7 Å². The lowest BCUT2D eigenvalue weighted by Crippen LogP contribution is -2.55. The Hall–Kier alpha value is -1.70. The van der Waals surface area contributed by atoms with Crippen molar-refractivity contribution < 1.29 is 19.4 Å². The van der Waals surface area contributed by atoms with Gasteiger partial charge < -0.3 is 9.84 Å². The summed E-state index contributed by atoms with van der Waals surface area (Å²) in [6.07, 6.45) is 6.61. The Morgan fingerprint density at radius 1 is 1.45 bits per heavy atom. The maximum atomic E-state index is 12.3. The Balaban J connectivity index is 3.02. The number of amides is 1. The number of carbonyl (C=O) groups is 2. The van der Waals surface area contributed by atoms with Crippen molar-refractivity contribution >= 4 is 12.1 Å². The van der Waals surface area contributed by atoms with Gasteiger partial charge in [0.15, 0.2) is 0 Å². The van der Waals surface area contributed by atoms with Crippen LogP contribution in [0, 0.1) is 17.8 Å². The molecule has 1 saturated carbocycles. The molecule has 1 amide bonds. The highest BCUT2D eigenvalue weighted by Crippen LogP contribution is 2.30. The lowest BCUT2D eigenvalue weighted by molar-refractivity contribution is -0.148. The first-order valence-electron chi connectivity index (χ1n) is 6.83. The van der Waals surface area contributed by atoms with Crippen molar-refractivity contribution in [3.63, 3.8) is 0 Å². The summed E-state index contributed by atoms with van der Waals surface area (Å²) >= 11 is 0. The van der Waals surface area contributed by atoms with E-state index in [0.717, 1.165) is 12.8 Å². The van der Waals surface area contributed by atoms with E-state index in [1.54, 1.807) is 27.7 Å². The molecule has 1 rings (SSSR count). The van der Waals surface area contributed by atoms with Gasteiger partial charge in [0.05, 0.1) is 0 Å². The fourth-order valence-electron chi connectivity index (χ4n) is 2.10. The van der Waals surface area contributed by atoms with E-state index >= 15 is 0 Å². The zero-order valence-electron chi connectivity index (χ0n) is 12.5. The molecule has 1 aliphatic rings. The number of carboxylic acid groups (broad SMARTS) is 1. The molecule has 2 atom stereocenters. The molecule has 0 aliphatic heterocycles. The maximum Gasteiger partial charge on any atom is 0.411 e. The number of nitrogens with zero attached hydrogens (tertiary/aromatic N) is 1. The summed E-state index contributed by atoms with van der Waals surface area (Å²) in [5, 5.41) is 9.49. The van der Waals surface area contributed by atoms with Crippen molar-refractivity contribution in [2.45, 2.75) is 65.1 Å². The van der Waals surface area contributed by atoms with Crippen LogP contribution < -0.4 is 0 Å². The van der Waals surface area contributed by atoms with Crippen molar-refractivity contribution in [3.05, 3.63) is 0 Å². The standard InChI is InChI=1S/C15H23NO4/c1-6-7-10(2)16(14(19)20-11-8-9-11)12(13(17)18)15(3,4)5/h1,10-12H,7-9H2,2-5H3,(H,17,18)/t10-,12-/m1/s1. The molecule has 0 radical (unpaired) electrons. The van der Waals surface area contributed by atoms with Gasteiger partial charge in [-0.15, -0.1) is 12.3 Å². The van der Waals surface area contributed by atoms with E-state index in [-0.39, 0.29) is 12.1 Å². The van der Waals surface area contributed by atoms with Gasteiger partial charge in [0.1, 0.15) is 12.1 Å². The summed E-state index contributed by atoms with van der Waals surface area (Å²) < 4.78 is 5.27. The van der Waals surface area contributed by atoms with Gasteiger partial charge in [-0.3, -0.25) is 4.90 Å². The Labute approximate surface area is 120 Å². The topological polar surface area (TPSA) is 66.8 Å². The first kappa shape index (κ1) is 16.4. The largest absolute Gasteiger partial charge is 0.480 e. The summed E-state index contributed by atoms with van der Waals surface area (Å²) in [6, 6.07) is -1.36. The lowest BCUT2D eigenvalue weighted by atomic mass is 9.85. The molecule has 5 nitrogen and oxygen atoms in total. The molecule has 0 unspecified atom stereocenters. The first-order chi connectivity index (χ1) is 9.18. The third-order valence-electron chi connectivity index (χ3n) is 3.22. The smallest absolute Gasteiger partial charge is 0.411 e. The van der Waals surface area contributed by atoms with Crippen molar-refractivity contribution in [1.82, 2.24) is 4.90 Å². The van der Waals surface area contributed by atoms with Gasteiger partial charge >= 0.3 is 12.1 Å². The minimum atomic E-state index is -1.05. The molecule has 0 spiro atoms. The summed E-state index contributed by atoms with van der Waals surface area (Å²) in [5.41, 5.74) is -0.614. The van der Waals surface area contributed by atoms with Crippen LogP contribution in [-0.4, -0.2) is 40.3 Å². The Morgan fingerprint density at radius 2 is 2.00 bits per heavy atom. The molecule has 0 aromatic heterocycles. The molecule has 1 fully saturated rings. The number of carboxylic acids is 1. The Kier molecular flexibility index (Phi) is 5.04. The molecule has 112 valence electrons. The zero-order valence-corrected chi connectivity index (χ0v) is 12.5. The van der Waals surface area contributed by atoms with E-state index in [0.29, 0.717) is 6.42 Å². The minimum Gasteiger partial charge on any atom is -0.480 e. The van der Waals surface area contributed by atoms with Gasteiger partial charge in [-0.1, -0.05) is 20.8 Å². The molecule has 1 N–H and O–H groups in total. The van der Waals surface area contributed by atoms with Crippen LogP contribution in [0.2, 0.25) is 0 Å². The average Bonchev–Trinajstić information content (AvgIpc) is 3.07. The number of hydrogen-bond donors (Lipinski definition) is 1. The number of carbonyl (C=O) groups excluding carboxylic acids is 1. The van der Waals surface area contributed by atoms with Crippen LogP contribution in [0.1, 0.15) is 47.0 Å². The first-order valence-corrected chi connectivity index (χ1v) is 6.83. The van der Waals surface area contributed by atoms with Crippen molar-refractivity contribution in [1.29, 1.82) is 0 Å². The van der Waals surface area contributed by atoms with Gasteiger partial charge in [-0.25, -0.2) is 9.59 Å². The highest BCUT2D eigenvalue weighted by atomic mass is 16.6. The van der Waals surface area contributed by atoms with E-state index in [1.807, 2.05) is 0 Å². The predicted molar refractivity (Wildman–Crippen MR) is 75.1 cm³/mol. The van der Waals surface area contributed by atoms with E-state index < -0.39 is 23.5 Å².